The fraction of sp³-hybridized carbons (Fsp3) is 0.286. The number of nitrogens with two attached hydrogens (primary N) is 1. The molecule has 0 aliphatic heterocycles. The molecule has 0 radical (unpaired) electrons. The summed E-state index contributed by atoms with van der Waals surface area (Å²) in [6, 6.07) is 0.944. The zero-order chi connectivity index (χ0) is 9.14. The smallest absolute Gasteiger partial charge is 0.266 e. The second-order valence-electron chi connectivity index (χ2n) is 2.17. The molecule has 1 aromatic rings. The molecule has 0 aliphatic carbocycles. The predicted octanol–water partition coefficient (Wildman–Crippen LogP) is 2.04. The van der Waals surface area contributed by atoms with Crippen LogP contribution in [-0.4, -0.2) is 4.98 Å². The van der Waals surface area contributed by atoms with E-state index < -0.39 is 17.8 Å². The Bertz CT molecular complexity index is 280. The normalized spacial score (nSPS) is 9.92. The molecule has 0 bridgehead atoms. The number of hydrogen-bond acceptors (Lipinski definition) is 2. The summed E-state index contributed by atoms with van der Waals surface area (Å²) in [5.74, 6) is -1.00. The van der Waals surface area contributed by atoms with Gasteiger partial charge in [0.25, 0.3) is 6.43 Å². The van der Waals surface area contributed by atoms with Gasteiger partial charge in [0.05, 0.1) is 11.3 Å². The molecular formula is C7H8ClF3N2. The lowest BCUT2D eigenvalue weighted by atomic mass is 10.2. The fourth-order valence-electron chi connectivity index (χ4n) is 0.815. The van der Waals surface area contributed by atoms with E-state index >= 15 is 0 Å². The molecule has 1 rings (SSSR count). The quantitative estimate of drug-likeness (QED) is 0.815. The van der Waals surface area contributed by atoms with Crippen molar-refractivity contribution in [1.82, 2.24) is 4.98 Å². The zero-order valence-corrected chi connectivity index (χ0v) is 7.32. The van der Waals surface area contributed by atoms with Gasteiger partial charge in [-0.05, 0) is 6.07 Å². The summed E-state index contributed by atoms with van der Waals surface area (Å²) in [6.45, 7) is -0.174. The van der Waals surface area contributed by atoms with Crippen LogP contribution in [0.15, 0.2) is 12.3 Å². The van der Waals surface area contributed by atoms with Crippen molar-refractivity contribution in [2.24, 2.45) is 5.73 Å². The van der Waals surface area contributed by atoms with E-state index in [1.54, 1.807) is 0 Å². The Hall–Kier alpha value is -0.810. The van der Waals surface area contributed by atoms with Crippen LogP contribution in [0.5, 0.6) is 0 Å². The maximum Gasteiger partial charge on any atom is 0.266 e. The van der Waals surface area contributed by atoms with E-state index in [9.17, 15) is 13.2 Å². The molecule has 0 saturated heterocycles. The molecule has 2 nitrogen and oxygen atoms in total. The van der Waals surface area contributed by atoms with E-state index in [1.807, 2.05) is 0 Å². The van der Waals surface area contributed by atoms with E-state index in [0.29, 0.717) is 0 Å². The van der Waals surface area contributed by atoms with Gasteiger partial charge in [0, 0.05) is 12.7 Å². The molecule has 13 heavy (non-hydrogen) atoms. The minimum Gasteiger partial charge on any atom is -0.325 e. The van der Waals surface area contributed by atoms with Crippen molar-refractivity contribution in [2.45, 2.75) is 13.0 Å². The van der Waals surface area contributed by atoms with Gasteiger partial charge in [0.2, 0.25) is 0 Å². The summed E-state index contributed by atoms with van der Waals surface area (Å²) in [5.41, 5.74) is 4.29. The van der Waals surface area contributed by atoms with Gasteiger partial charge in [0.1, 0.15) is 0 Å². The maximum absolute atomic E-state index is 12.9. The molecule has 0 spiro atoms. The van der Waals surface area contributed by atoms with Gasteiger partial charge in [-0.25, -0.2) is 13.2 Å². The van der Waals surface area contributed by atoms with Gasteiger partial charge < -0.3 is 5.73 Å². The lowest BCUT2D eigenvalue weighted by Crippen LogP contribution is -2.05. The highest BCUT2D eigenvalue weighted by Crippen LogP contribution is 2.22. The van der Waals surface area contributed by atoms with Crippen molar-refractivity contribution in [3.63, 3.8) is 0 Å². The molecular weight excluding hydrogens is 205 g/mol. The Morgan fingerprint density at radius 2 is 2.08 bits per heavy atom. The molecule has 0 unspecified atom stereocenters. The van der Waals surface area contributed by atoms with Crippen molar-refractivity contribution in [3.05, 3.63) is 29.3 Å². The molecule has 0 saturated carbocycles. The Morgan fingerprint density at radius 3 is 2.54 bits per heavy atom. The average Bonchev–Trinajstić information content (AvgIpc) is 2.04. The highest BCUT2D eigenvalue weighted by molar-refractivity contribution is 5.85. The third kappa shape index (κ3) is 2.57. The topological polar surface area (TPSA) is 38.9 Å². The van der Waals surface area contributed by atoms with Crippen molar-refractivity contribution in [3.8, 4) is 0 Å². The second-order valence-corrected chi connectivity index (χ2v) is 2.17. The lowest BCUT2D eigenvalue weighted by molar-refractivity contribution is 0.146. The van der Waals surface area contributed by atoms with Crippen molar-refractivity contribution in [1.29, 1.82) is 0 Å². The molecule has 0 fully saturated rings. The van der Waals surface area contributed by atoms with Crippen LogP contribution in [0.1, 0.15) is 17.7 Å². The van der Waals surface area contributed by atoms with Gasteiger partial charge in [-0.1, -0.05) is 0 Å². The van der Waals surface area contributed by atoms with E-state index in [0.717, 1.165) is 12.3 Å². The molecule has 1 aromatic heterocycles. The number of nitrogens with zero attached hydrogens (tertiary/aromatic N) is 1. The first kappa shape index (κ1) is 12.2. The Balaban J connectivity index is 0.00000144. The largest absolute Gasteiger partial charge is 0.325 e. The Kier molecular flexibility index (Phi) is 4.72. The van der Waals surface area contributed by atoms with E-state index in [2.05, 4.69) is 4.98 Å². The number of hydrogen-bond donors (Lipinski definition) is 1. The van der Waals surface area contributed by atoms with Crippen LogP contribution in [0, 0.1) is 5.82 Å². The first-order valence-corrected chi connectivity index (χ1v) is 3.28. The number of pyridine rings is 1. The summed E-state index contributed by atoms with van der Waals surface area (Å²) in [6.07, 6.45) is -1.70. The third-order valence-corrected chi connectivity index (χ3v) is 1.42. The highest BCUT2D eigenvalue weighted by atomic mass is 35.5. The predicted molar refractivity (Wildman–Crippen MR) is 44.3 cm³/mol. The first-order chi connectivity index (χ1) is 5.66. The van der Waals surface area contributed by atoms with Crippen LogP contribution in [0.2, 0.25) is 0 Å². The SMILES string of the molecule is Cl.NCc1nccc(C(F)F)c1F. The molecule has 0 amide bonds. The van der Waals surface area contributed by atoms with E-state index in [-0.39, 0.29) is 24.6 Å². The van der Waals surface area contributed by atoms with Crippen LogP contribution >= 0.6 is 12.4 Å². The number of rotatable bonds is 2. The second kappa shape index (κ2) is 5.04. The lowest BCUT2D eigenvalue weighted by Gasteiger charge is -2.03. The van der Waals surface area contributed by atoms with Crippen LogP contribution in [-0.2, 0) is 6.54 Å². The molecule has 0 aliphatic rings. The van der Waals surface area contributed by atoms with Crippen LogP contribution in [0.25, 0.3) is 0 Å². The molecule has 0 atom stereocenters. The Labute approximate surface area is 79.4 Å². The van der Waals surface area contributed by atoms with Crippen LogP contribution in [0.4, 0.5) is 13.2 Å². The zero-order valence-electron chi connectivity index (χ0n) is 6.51. The van der Waals surface area contributed by atoms with Gasteiger partial charge in [0.15, 0.2) is 5.82 Å². The van der Waals surface area contributed by atoms with Crippen LogP contribution in [0.3, 0.4) is 0 Å². The van der Waals surface area contributed by atoms with Crippen molar-refractivity contribution in [2.75, 3.05) is 0 Å². The monoisotopic (exact) mass is 212 g/mol. The molecule has 0 aromatic carbocycles. The molecule has 6 heteroatoms. The third-order valence-electron chi connectivity index (χ3n) is 1.42. The minimum atomic E-state index is -2.82. The Morgan fingerprint density at radius 1 is 1.46 bits per heavy atom. The van der Waals surface area contributed by atoms with Crippen molar-refractivity contribution < 1.29 is 13.2 Å². The number of aromatic nitrogens is 1. The fourth-order valence-corrected chi connectivity index (χ4v) is 0.815. The summed E-state index contributed by atoms with van der Waals surface area (Å²) < 4.78 is 37.0. The van der Waals surface area contributed by atoms with Crippen molar-refractivity contribution >= 4 is 12.4 Å². The van der Waals surface area contributed by atoms with Gasteiger partial charge >= 0.3 is 0 Å². The molecule has 2 N–H and O–H groups in total. The summed E-state index contributed by atoms with van der Waals surface area (Å²) in [7, 11) is 0. The number of alkyl halides is 2. The summed E-state index contributed by atoms with van der Waals surface area (Å²) >= 11 is 0. The highest BCUT2D eigenvalue weighted by Gasteiger charge is 2.15. The molecule has 74 valence electrons. The summed E-state index contributed by atoms with van der Waals surface area (Å²) in [4.78, 5) is 3.51. The molecule has 1 heterocycles. The van der Waals surface area contributed by atoms with Gasteiger partial charge in [-0.2, -0.15) is 0 Å². The number of halogens is 4. The standard InChI is InChI=1S/C7H7F3N2.ClH/c8-6-4(7(9)10)1-2-12-5(6)3-11;/h1-2,7H,3,11H2;1H. The average molecular weight is 213 g/mol. The van der Waals surface area contributed by atoms with Gasteiger partial charge in [-0.15, -0.1) is 12.4 Å². The maximum atomic E-state index is 12.9. The van der Waals surface area contributed by atoms with Gasteiger partial charge in [-0.3, -0.25) is 4.98 Å². The van der Waals surface area contributed by atoms with Crippen LogP contribution < -0.4 is 5.73 Å². The van der Waals surface area contributed by atoms with E-state index in [1.165, 1.54) is 0 Å². The first-order valence-electron chi connectivity index (χ1n) is 3.28. The van der Waals surface area contributed by atoms with E-state index in [4.69, 9.17) is 5.73 Å². The minimum absolute atomic E-state index is 0. The summed E-state index contributed by atoms with van der Waals surface area (Å²) in [5, 5.41) is 0.